The molecule has 2 aromatic carbocycles. The first kappa shape index (κ1) is 20.7. The summed E-state index contributed by atoms with van der Waals surface area (Å²) in [5, 5.41) is 2.79. The minimum Gasteiger partial charge on any atom is -0.494 e. The SMILES string of the molecule is CCOc1ccc(NC(=O)CN2C(=O)COc3ccc(C(=O)N4CCCC4)cc32)cc1. The van der Waals surface area contributed by atoms with Crippen molar-refractivity contribution in [1.29, 1.82) is 0 Å². The van der Waals surface area contributed by atoms with Gasteiger partial charge in [0, 0.05) is 24.3 Å². The van der Waals surface area contributed by atoms with Crippen LogP contribution in [0.4, 0.5) is 11.4 Å². The molecule has 0 aromatic heterocycles. The van der Waals surface area contributed by atoms with Crippen molar-refractivity contribution in [3.8, 4) is 11.5 Å². The van der Waals surface area contributed by atoms with Gasteiger partial charge in [-0.05, 0) is 62.2 Å². The number of hydrogen-bond acceptors (Lipinski definition) is 5. The fourth-order valence-electron chi connectivity index (χ4n) is 3.76. The van der Waals surface area contributed by atoms with E-state index in [0.29, 0.717) is 35.0 Å². The Bertz CT molecular complexity index is 983. The van der Waals surface area contributed by atoms with Crippen molar-refractivity contribution >= 4 is 29.1 Å². The van der Waals surface area contributed by atoms with Gasteiger partial charge in [-0.1, -0.05) is 0 Å². The number of benzene rings is 2. The molecule has 0 radical (unpaired) electrons. The lowest BCUT2D eigenvalue weighted by atomic mass is 10.1. The maximum atomic E-state index is 12.8. The van der Waals surface area contributed by atoms with Gasteiger partial charge in [0.05, 0.1) is 12.3 Å². The zero-order valence-corrected chi connectivity index (χ0v) is 17.4. The number of fused-ring (bicyclic) bond motifs is 1. The summed E-state index contributed by atoms with van der Waals surface area (Å²) in [5.41, 5.74) is 1.52. The summed E-state index contributed by atoms with van der Waals surface area (Å²) in [7, 11) is 0. The van der Waals surface area contributed by atoms with Crippen LogP contribution in [-0.2, 0) is 9.59 Å². The van der Waals surface area contributed by atoms with Gasteiger partial charge in [0.2, 0.25) is 5.91 Å². The highest BCUT2D eigenvalue weighted by Gasteiger charge is 2.29. The zero-order chi connectivity index (χ0) is 21.8. The molecule has 2 aliphatic rings. The lowest BCUT2D eigenvalue weighted by molar-refractivity contribution is -0.123. The van der Waals surface area contributed by atoms with Gasteiger partial charge in [-0.3, -0.25) is 19.3 Å². The number of nitrogens with zero attached hydrogens (tertiary/aromatic N) is 2. The molecule has 0 unspecified atom stereocenters. The fraction of sp³-hybridized carbons (Fsp3) is 0.348. The van der Waals surface area contributed by atoms with Gasteiger partial charge in [0.25, 0.3) is 11.8 Å². The van der Waals surface area contributed by atoms with Crippen LogP contribution in [-0.4, -0.2) is 55.5 Å². The molecular weight excluding hydrogens is 398 g/mol. The summed E-state index contributed by atoms with van der Waals surface area (Å²) in [6.45, 7) is 3.61. The molecular formula is C23H25N3O5. The number of carbonyl (C=O) groups is 3. The number of rotatable bonds is 6. The van der Waals surface area contributed by atoms with E-state index in [0.717, 1.165) is 25.9 Å². The van der Waals surface area contributed by atoms with E-state index in [1.54, 1.807) is 47.4 Å². The molecule has 0 atom stereocenters. The van der Waals surface area contributed by atoms with Gasteiger partial charge >= 0.3 is 0 Å². The fourth-order valence-corrected chi connectivity index (χ4v) is 3.76. The number of nitrogens with one attached hydrogen (secondary N) is 1. The topological polar surface area (TPSA) is 88.2 Å². The van der Waals surface area contributed by atoms with Crippen LogP contribution in [0.25, 0.3) is 0 Å². The van der Waals surface area contributed by atoms with E-state index in [1.165, 1.54) is 4.90 Å². The monoisotopic (exact) mass is 423 g/mol. The Kier molecular flexibility index (Phi) is 6.06. The minimum absolute atomic E-state index is 0.0721. The van der Waals surface area contributed by atoms with Gasteiger partial charge in [0.15, 0.2) is 6.61 Å². The van der Waals surface area contributed by atoms with Gasteiger partial charge in [-0.2, -0.15) is 0 Å². The number of ether oxygens (including phenoxy) is 2. The maximum Gasteiger partial charge on any atom is 0.265 e. The summed E-state index contributed by atoms with van der Waals surface area (Å²) < 4.78 is 10.9. The molecule has 4 rings (SSSR count). The Morgan fingerprint density at radius 1 is 1.10 bits per heavy atom. The number of likely N-dealkylation sites (tertiary alicyclic amines) is 1. The number of amides is 3. The van der Waals surface area contributed by atoms with Gasteiger partial charge < -0.3 is 19.7 Å². The molecule has 8 heteroatoms. The first-order valence-corrected chi connectivity index (χ1v) is 10.4. The van der Waals surface area contributed by atoms with Crippen LogP contribution in [0.5, 0.6) is 11.5 Å². The average molecular weight is 423 g/mol. The summed E-state index contributed by atoms with van der Waals surface area (Å²) in [4.78, 5) is 41.0. The van der Waals surface area contributed by atoms with E-state index in [2.05, 4.69) is 5.32 Å². The summed E-state index contributed by atoms with van der Waals surface area (Å²) in [6, 6.07) is 12.0. The first-order valence-electron chi connectivity index (χ1n) is 10.4. The maximum absolute atomic E-state index is 12.8. The molecule has 1 N–H and O–H groups in total. The Morgan fingerprint density at radius 2 is 1.84 bits per heavy atom. The molecule has 162 valence electrons. The second-order valence-corrected chi connectivity index (χ2v) is 7.46. The molecule has 1 saturated heterocycles. The Balaban J connectivity index is 1.49. The second kappa shape index (κ2) is 9.07. The van der Waals surface area contributed by atoms with Crippen molar-refractivity contribution in [2.24, 2.45) is 0 Å². The van der Waals surface area contributed by atoms with Crippen LogP contribution in [0.3, 0.4) is 0 Å². The molecule has 2 heterocycles. The van der Waals surface area contributed by atoms with Crippen LogP contribution >= 0.6 is 0 Å². The van der Waals surface area contributed by atoms with Crippen molar-refractivity contribution in [2.75, 3.05) is 43.1 Å². The van der Waals surface area contributed by atoms with Crippen molar-refractivity contribution in [3.63, 3.8) is 0 Å². The van der Waals surface area contributed by atoms with Crippen molar-refractivity contribution < 1.29 is 23.9 Å². The normalized spacial score (nSPS) is 15.3. The van der Waals surface area contributed by atoms with Gasteiger partial charge in [-0.15, -0.1) is 0 Å². The molecule has 2 aliphatic heterocycles. The quantitative estimate of drug-likeness (QED) is 0.772. The number of hydrogen-bond donors (Lipinski definition) is 1. The van der Waals surface area contributed by atoms with Crippen LogP contribution in [0.2, 0.25) is 0 Å². The third-order valence-corrected chi connectivity index (χ3v) is 5.29. The first-order chi connectivity index (χ1) is 15.0. The summed E-state index contributed by atoms with van der Waals surface area (Å²) >= 11 is 0. The number of carbonyl (C=O) groups excluding carboxylic acids is 3. The lowest BCUT2D eigenvalue weighted by Gasteiger charge is -2.29. The third kappa shape index (κ3) is 4.63. The largest absolute Gasteiger partial charge is 0.494 e. The Hall–Kier alpha value is -3.55. The highest BCUT2D eigenvalue weighted by atomic mass is 16.5. The van der Waals surface area contributed by atoms with Crippen molar-refractivity contribution in [1.82, 2.24) is 4.90 Å². The van der Waals surface area contributed by atoms with Crippen LogP contribution in [0.1, 0.15) is 30.1 Å². The molecule has 0 bridgehead atoms. The standard InChI is InChI=1S/C23H25N3O5/c1-2-30-18-8-6-17(7-9-18)24-21(27)14-26-19-13-16(23(29)25-11-3-4-12-25)5-10-20(19)31-15-22(26)28/h5-10,13H,2-4,11-12,14-15H2,1H3,(H,24,27). The highest BCUT2D eigenvalue weighted by molar-refractivity contribution is 6.06. The highest BCUT2D eigenvalue weighted by Crippen LogP contribution is 2.33. The summed E-state index contributed by atoms with van der Waals surface area (Å²) in [6.07, 6.45) is 1.99. The molecule has 0 spiro atoms. The van der Waals surface area contributed by atoms with Gasteiger partial charge in [0.1, 0.15) is 18.0 Å². The third-order valence-electron chi connectivity index (χ3n) is 5.29. The van der Waals surface area contributed by atoms with Crippen molar-refractivity contribution in [3.05, 3.63) is 48.0 Å². The van der Waals surface area contributed by atoms with E-state index in [4.69, 9.17) is 9.47 Å². The van der Waals surface area contributed by atoms with Gasteiger partial charge in [-0.25, -0.2) is 0 Å². The van der Waals surface area contributed by atoms with Crippen LogP contribution < -0.4 is 19.7 Å². The average Bonchev–Trinajstić information content (AvgIpc) is 3.31. The Labute approximate surface area is 180 Å². The van der Waals surface area contributed by atoms with E-state index in [9.17, 15) is 14.4 Å². The minimum atomic E-state index is -0.346. The number of anilines is 2. The lowest BCUT2D eigenvalue weighted by Crippen LogP contribution is -2.43. The van der Waals surface area contributed by atoms with E-state index < -0.39 is 0 Å². The van der Waals surface area contributed by atoms with E-state index in [1.807, 2.05) is 6.92 Å². The second-order valence-electron chi connectivity index (χ2n) is 7.46. The molecule has 3 amide bonds. The molecule has 2 aromatic rings. The van der Waals surface area contributed by atoms with E-state index in [-0.39, 0.29) is 30.9 Å². The molecule has 1 fully saturated rings. The predicted molar refractivity (Wildman–Crippen MR) is 116 cm³/mol. The zero-order valence-electron chi connectivity index (χ0n) is 17.4. The van der Waals surface area contributed by atoms with Crippen LogP contribution in [0.15, 0.2) is 42.5 Å². The molecule has 8 nitrogen and oxygen atoms in total. The molecule has 0 saturated carbocycles. The molecule has 31 heavy (non-hydrogen) atoms. The predicted octanol–water partition coefficient (Wildman–Crippen LogP) is 2.69. The molecule has 0 aliphatic carbocycles. The Morgan fingerprint density at radius 3 is 2.55 bits per heavy atom. The smallest absolute Gasteiger partial charge is 0.265 e. The van der Waals surface area contributed by atoms with Crippen LogP contribution in [0, 0.1) is 0 Å². The van der Waals surface area contributed by atoms with Crippen molar-refractivity contribution in [2.45, 2.75) is 19.8 Å². The van der Waals surface area contributed by atoms with E-state index >= 15 is 0 Å². The summed E-state index contributed by atoms with van der Waals surface area (Å²) in [5.74, 6) is 0.443.